The summed E-state index contributed by atoms with van der Waals surface area (Å²) in [5, 5.41) is 0. The zero-order valence-electron chi connectivity index (χ0n) is 14.6. The lowest BCUT2D eigenvalue weighted by Gasteiger charge is -2.43. The number of hydrogen-bond acceptors (Lipinski definition) is 2. The van der Waals surface area contributed by atoms with E-state index in [4.69, 9.17) is 0 Å². The highest BCUT2D eigenvalue weighted by Crippen LogP contribution is 2.34. The lowest BCUT2D eigenvalue weighted by Crippen LogP contribution is -2.48. The van der Waals surface area contributed by atoms with Gasteiger partial charge in [-0.25, -0.2) is 0 Å². The van der Waals surface area contributed by atoms with Gasteiger partial charge in [-0.05, 0) is 24.0 Å². The molecule has 0 unspecified atom stereocenters. The monoisotopic (exact) mass is 322 g/mol. The SMILES string of the molecule is CN(C)C(=O)C1CC(N(Cc2ccccc2)Cc2ccccc2)C1. The van der Waals surface area contributed by atoms with Gasteiger partial charge in [-0.3, -0.25) is 9.69 Å². The van der Waals surface area contributed by atoms with Crippen LogP contribution in [0, 0.1) is 5.92 Å². The smallest absolute Gasteiger partial charge is 0.225 e. The molecule has 0 aromatic heterocycles. The molecular formula is C21H26N2O. The summed E-state index contributed by atoms with van der Waals surface area (Å²) in [6.45, 7) is 1.87. The Balaban J connectivity index is 1.68. The average molecular weight is 322 g/mol. The lowest BCUT2D eigenvalue weighted by molar-refractivity contribution is -0.138. The fourth-order valence-electron chi connectivity index (χ4n) is 3.40. The van der Waals surface area contributed by atoms with Gasteiger partial charge >= 0.3 is 0 Å². The number of benzene rings is 2. The average Bonchev–Trinajstić information content (AvgIpc) is 2.55. The molecule has 24 heavy (non-hydrogen) atoms. The summed E-state index contributed by atoms with van der Waals surface area (Å²) in [6, 6.07) is 21.7. The Labute approximate surface area is 144 Å². The molecule has 0 radical (unpaired) electrons. The van der Waals surface area contributed by atoms with E-state index in [-0.39, 0.29) is 11.8 Å². The van der Waals surface area contributed by atoms with Gasteiger partial charge in [-0.15, -0.1) is 0 Å². The maximum Gasteiger partial charge on any atom is 0.225 e. The lowest BCUT2D eigenvalue weighted by atomic mass is 9.78. The first kappa shape index (κ1) is 16.7. The highest BCUT2D eigenvalue weighted by molar-refractivity contribution is 5.79. The van der Waals surface area contributed by atoms with Crippen molar-refractivity contribution in [1.29, 1.82) is 0 Å². The maximum atomic E-state index is 12.1. The minimum atomic E-state index is 0.194. The molecule has 2 aromatic carbocycles. The van der Waals surface area contributed by atoms with Gasteiger partial charge in [0.25, 0.3) is 0 Å². The third-order valence-electron chi connectivity index (χ3n) is 4.88. The van der Waals surface area contributed by atoms with Crippen molar-refractivity contribution in [3.05, 3.63) is 71.8 Å². The molecule has 0 heterocycles. The molecule has 126 valence electrons. The van der Waals surface area contributed by atoms with Gasteiger partial charge in [-0.2, -0.15) is 0 Å². The van der Waals surface area contributed by atoms with Crippen LogP contribution in [0.2, 0.25) is 0 Å². The van der Waals surface area contributed by atoms with Crippen LogP contribution < -0.4 is 0 Å². The molecular weight excluding hydrogens is 296 g/mol. The second-order valence-corrected chi connectivity index (χ2v) is 6.93. The third kappa shape index (κ3) is 4.04. The molecule has 0 aliphatic heterocycles. The van der Waals surface area contributed by atoms with Crippen LogP contribution in [0.1, 0.15) is 24.0 Å². The summed E-state index contributed by atoms with van der Waals surface area (Å²) >= 11 is 0. The highest BCUT2D eigenvalue weighted by atomic mass is 16.2. The first-order valence-electron chi connectivity index (χ1n) is 8.66. The summed E-state index contributed by atoms with van der Waals surface area (Å²) in [5.41, 5.74) is 2.66. The van der Waals surface area contributed by atoms with Gasteiger partial charge in [0.15, 0.2) is 0 Å². The molecule has 1 aliphatic carbocycles. The summed E-state index contributed by atoms with van der Waals surface area (Å²) in [7, 11) is 3.70. The second kappa shape index (κ2) is 7.63. The summed E-state index contributed by atoms with van der Waals surface area (Å²) in [5.74, 6) is 0.463. The molecule has 1 amide bonds. The second-order valence-electron chi connectivity index (χ2n) is 6.93. The molecule has 0 saturated heterocycles. The minimum absolute atomic E-state index is 0.194. The van der Waals surface area contributed by atoms with Crippen molar-refractivity contribution in [2.75, 3.05) is 14.1 Å². The van der Waals surface area contributed by atoms with Crippen molar-refractivity contribution < 1.29 is 4.79 Å². The van der Waals surface area contributed by atoms with E-state index in [0.29, 0.717) is 6.04 Å². The van der Waals surface area contributed by atoms with Crippen LogP contribution in [-0.2, 0) is 17.9 Å². The van der Waals surface area contributed by atoms with E-state index < -0.39 is 0 Å². The largest absolute Gasteiger partial charge is 0.349 e. The summed E-state index contributed by atoms with van der Waals surface area (Å²) in [6.07, 6.45) is 1.94. The normalized spacial score (nSPS) is 19.8. The van der Waals surface area contributed by atoms with Gasteiger partial charge in [0, 0.05) is 39.1 Å². The van der Waals surface area contributed by atoms with E-state index in [1.165, 1.54) is 11.1 Å². The molecule has 1 saturated carbocycles. The summed E-state index contributed by atoms with van der Waals surface area (Å²) < 4.78 is 0. The molecule has 0 spiro atoms. The van der Waals surface area contributed by atoms with Crippen molar-refractivity contribution in [3.8, 4) is 0 Å². The third-order valence-corrected chi connectivity index (χ3v) is 4.88. The Morgan fingerprint density at radius 1 is 0.875 bits per heavy atom. The fraction of sp³-hybridized carbons (Fsp3) is 0.381. The van der Waals surface area contributed by atoms with E-state index in [1.807, 2.05) is 14.1 Å². The molecule has 2 aromatic rings. The summed E-state index contributed by atoms with van der Waals surface area (Å²) in [4.78, 5) is 16.4. The van der Waals surface area contributed by atoms with E-state index in [9.17, 15) is 4.79 Å². The van der Waals surface area contributed by atoms with E-state index in [2.05, 4.69) is 65.6 Å². The van der Waals surface area contributed by atoms with E-state index in [1.54, 1.807) is 4.90 Å². The van der Waals surface area contributed by atoms with Crippen LogP contribution in [0.25, 0.3) is 0 Å². The molecule has 3 heteroatoms. The molecule has 1 fully saturated rings. The van der Waals surface area contributed by atoms with E-state index >= 15 is 0 Å². The molecule has 1 aliphatic rings. The number of hydrogen-bond donors (Lipinski definition) is 0. The highest BCUT2D eigenvalue weighted by Gasteiger charge is 2.38. The number of rotatable bonds is 6. The number of nitrogens with zero attached hydrogens (tertiary/aromatic N) is 2. The van der Waals surface area contributed by atoms with Crippen molar-refractivity contribution >= 4 is 5.91 Å². The first-order chi connectivity index (χ1) is 11.6. The Morgan fingerprint density at radius 2 is 1.33 bits per heavy atom. The number of amides is 1. The van der Waals surface area contributed by atoms with E-state index in [0.717, 1.165) is 25.9 Å². The fourth-order valence-corrected chi connectivity index (χ4v) is 3.40. The Hall–Kier alpha value is -2.13. The van der Waals surface area contributed by atoms with Crippen LogP contribution in [0.5, 0.6) is 0 Å². The Morgan fingerprint density at radius 3 is 1.75 bits per heavy atom. The Kier molecular flexibility index (Phi) is 5.31. The maximum absolute atomic E-state index is 12.1. The first-order valence-corrected chi connectivity index (χ1v) is 8.66. The van der Waals surface area contributed by atoms with Crippen LogP contribution in [0.15, 0.2) is 60.7 Å². The zero-order valence-corrected chi connectivity index (χ0v) is 14.6. The molecule has 3 nitrogen and oxygen atoms in total. The number of carbonyl (C=O) groups is 1. The quantitative estimate of drug-likeness (QED) is 0.812. The van der Waals surface area contributed by atoms with Crippen molar-refractivity contribution in [1.82, 2.24) is 9.80 Å². The zero-order chi connectivity index (χ0) is 16.9. The van der Waals surface area contributed by atoms with Crippen molar-refractivity contribution in [3.63, 3.8) is 0 Å². The van der Waals surface area contributed by atoms with Gasteiger partial charge in [0.05, 0.1) is 0 Å². The number of carbonyl (C=O) groups excluding carboxylic acids is 1. The predicted molar refractivity (Wildman–Crippen MR) is 97.3 cm³/mol. The van der Waals surface area contributed by atoms with Crippen LogP contribution in [0.3, 0.4) is 0 Å². The van der Waals surface area contributed by atoms with Gasteiger partial charge in [-0.1, -0.05) is 60.7 Å². The van der Waals surface area contributed by atoms with Crippen molar-refractivity contribution in [2.24, 2.45) is 5.92 Å². The molecule has 3 rings (SSSR count). The topological polar surface area (TPSA) is 23.6 Å². The van der Waals surface area contributed by atoms with Crippen LogP contribution >= 0.6 is 0 Å². The molecule has 0 atom stereocenters. The minimum Gasteiger partial charge on any atom is -0.349 e. The molecule has 0 N–H and O–H groups in total. The molecule has 0 bridgehead atoms. The van der Waals surface area contributed by atoms with Crippen molar-refractivity contribution in [2.45, 2.75) is 32.0 Å². The van der Waals surface area contributed by atoms with Crippen LogP contribution in [0.4, 0.5) is 0 Å². The van der Waals surface area contributed by atoms with Crippen LogP contribution in [-0.4, -0.2) is 35.8 Å². The predicted octanol–water partition coefficient (Wildman–Crippen LogP) is 3.56. The standard InChI is InChI=1S/C21H26N2O/c1-22(2)21(24)19-13-20(14-19)23(15-17-9-5-3-6-10-17)16-18-11-7-4-8-12-18/h3-12,19-20H,13-16H2,1-2H3. The van der Waals surface area contributed by atoms with Gasteiger partial charge in [0.2, 0.25) is 5.91 Å². The van der Waals surface area contributed by atoms with Gasteiger partial charge in [0.1, 0.15) is 0 Å². The van der Waals surface area contributed by atoms with Gasteiger partial charge < -0.3 is 4.90 Å². The Bertz CT molecular complexity index is 607.